The number of ether oxygens (including phenoxy) is 2. The van der Waals surface area contributed by atoms with E-state index < -0.39 is 0 Å². The molecule has 1 aromatic rings. The number of hydrogen-bond donors (Lipinski definition) is 1. The number of benzene rings is 1. The van der Waals surface area contributed by atoms with Crippen LogP contribution in [0.4, 0.5) is 0 Å². The Balaban J connectivity index is 2.85. The molecule has 114 valence electrons. The van der Waals surface area contributed by atoms with E-state index in [-0.39, 0.29) is 6.04 Å². The largest absolute Gasteiger partial charge is 0.497 e. The fourth-order valence-electron chi connectivity index (χ4n) is 2.63. The molecular weight excluding hydrogens is 250 g/mol. The monoisotopic (exact) mass is 279 g/mol. The van der Waals surface area contributed by atoms with E-state index in [1.807, 2.05) is 12.1 Å². The van der Waals surface area contributed by atoms with Gasteiger partial charge in [0, 0.05) is 17.6 Å². The summed E-state index contributed by atoms with van der Waals surface area (Å²) in [5.41, 5.74) is 1.16. The third kappa shape index (κ3) is 4.71. The molecule has 0 spiro atoms. The van der Waals surface area contributed by atoms with Crippen LogP contribution < -0.4 is 14.8 Å². The molecular formula is C17H29NO2. The number of nitrogens with one attached hydrogen (secondary N) is 1. The summed E-state index contributed by atoms with van der Waals surface area (Å²) in [6.45, 7) is 6.66. The zero-order valence-electron chi connectivity index (χ0n) is 13.5. The van der Waals surface area contributed by atoms with Crippen molar-refractivity contribution in [2.45, 2.75) is 58.5 Å². The van der Waals surface area contributed by atoms with Crippen LogP contribution >= 0.6 is 0 Å². The highest BCUT2D eigenvalue weighted by Crippen LogP contribution is 2.29. The van der Waals surface area contributed by atoms with E-state index in [4.69, 9.17) is 9.47 Å². The maximum atomic E-state index is 5.47. The van der Waals surface area contributed by atoms with Gasteiger partial charge in [-0.25, -0.2) is 0 Å². The quantitative estimate of drug-likeness (QED) is 0.730. The van der Waals surface area contributed by atoms with Gasteiger partial charge >= 0.3 is 0 Å². The summed E-state index contributed by atoms with van der Waals surface area (Å²) in [6.07, 6.45) is 4.84. The standard InChI is InChI=1S/C17H29NO2/c1-6-8-14(9-7-2)18-13(3)16-12-15(19-4)10-11-17(16)20-5/h10-14,18H,6-9H2,1-5H3. The van der Waals surface area contributed by atoms with Gasteiger partial charge in [-0.05, 0) is 38.0 Å². The van der Waals surface area contributed by atoms with E-state index in [0.717, 1.165) is 17.1 Å². The predicted molar refractivity (Wildman–Crippen MR) is 84.7 cm³/mol. The summed E-state index contributed by atoms with van der Waals surface area (Å²) in [6, 6.07) is 6.79. The van der Waals surface area contributed by atoms with Crippen molar-refractivity contribution in [2.24, 2.45) is 0 Å². The maximum Gasteiger partial charge on any atom is 0.123 e. The molecule has 0 bridgehead atoms. The van der Waals surface area contributed by atoms with Gasteiger partial charge in [0.1, 0.15) is 11.5 Å². The summed E-state index contributed by atoms with van der Waals surface area (Å²) in [4.78, 5) is 0. The second-order valence-corrected chi connectivity index (χ2v) is 5.27. The van der Waals surface area contributed by atoms with E-state index in [1.54, 1.807) is 14.2 Å². The highest BCUT2D eigenvalue weighted by atomic mass is 16.5. The van der Waals surface area contributed by atoms with Gasteiger partial charge < -0.3 is 14.8 Å². The molecule has 0 radical (unpaired) electrons. The lowest BCUT2D eigenvalue weighted by Crippen LogP contribution is -2.31. The van der Waals surface area contributed by atoms with Crippen LogP contribution in [0.2, 0.25) is 0 Å². The van der Waals surface area contributed by atoms with Crippen molar-refractivity contribution < 1.29 is 9.47 Å². The number of hydrogen-bond acceptors (Lipinski definition) is 3. The van der Waals surface area contributed by atoms with Gasteiger partial charge in [-0.15, -0.1) is 0 Å². The lowest BCUT2D eigenvalue weighted by Gasteiger charge is -2.24. The van der Waals surface area contributed by atoms with Crippen molar-refractivity contribution in [1.82, 2.24) is 5.32 Å². The maximum absolute atomic E-state index is 5.47. The lowest BCUT2D eigenvalue weighted by atomic mass is 10.0. The van der Waals surface area contributed by atoms with Gasteiger partial charge in [-0.1, -0.05) is 26.7 Å². The van der Waals surface area contributed by atoms with Crippen molar-refractivity contribution >= 4 is 0 Å². The van der Waals surface area contributed by atoms with Gasteiger partial charge in [0.05, 0.1) is 14.2 Å². The summed E-state index contributed by atoms with van der Waals surface area (Å²) < 4.78 is 10.8. The first-order valence-electron chi connectivity index (χ1n) is 7.64. The Labute approximate surface area is 123 Å². The minimum Gasteiger partial charge on any atom is -0.497 e. The van der Waals surface area contributed by atoms with Crippen LogP contribution in [0.5, 0.6) is 11.5 Å². The topological polar surface area (TPSA) is 30.5 Å². The molecule has 0 aromatic heterocycles. The van der Waals surface area contributed by atoms with Crippen LogP contribution in [-0.4, -0.2) is 20.3 Å². The van der Waals surface area contributed by atoms with Crippen LogP contribution in [0.3, 0.4) is 0 Å². The Kier molecular flexibility index (Phi) is 7.45. The molecule has 0 fully saturated rings. The van der Waals surface area contributed by atoms with Crippen molar-refractivity contribution in [1.29, 1.82) is 0 Å². The van der Waals surface area contributed by atoms with Gasteiger partial charge in [0.25, 0.3) is 0 Å². The minimum absolute atomic E-state index is 0.253. The van der Waals surface area contributed by atoms with Gasteiger partial charge in [0.15, 0.2) is 0 Å². The van der Waals surface area contributed by atoms with E-state index in [2.05, 4.69) is 32.2 Å². The van der Waals surface area contributed by atoms with E-state index in [1.165, 1.54) is 25.7 Å². The molecule has 0 aliphatic heterocycles. The second-order valence-electron chi connectivity index (χ2n) is 5.27. The number of rotatable bonds is 9. The van der Waals surface area contributed by atoms with Crippen LogP contribution in [0.1, 0.15) is 58.1 Å². The average Bonchev–Trinajstić information content (AvgIpc) is 2.47. The van der Waals surface area contributed by atoms with E-state index in [0.29, 0.717) is 6.04 Å². The molecule has 0 saturated carbocycles. The first-order chi connectivity index (χ1) is 9.65. The predicted octanol–water partition coefficient (Wildman–Crippen LogP) is 4.32. The van der Waals surface area contributed by atoms with Gasteiger partial charge in [-0.3, -0.25) is 0 Å². The van der Waals surface area contributed by atoms with E-state index >= 15 is 0 Å². The molecule has 0 aliphatic carbocycles. The SMILES string of the molecule is CCCC(CCC)NC(C)c1cc(OC)ccc1OC. The molecule has 20 heavy (non-hydrogen) atoms. The molecule has 1 aromatic carbocycles. The fourth-order valence-corrected chi connectivity index (χ4v) is 2.63. The van der Waals surface area contributed by atoms with Gasteiger partial charge in [-0.2, -0.15) is 0 Å². The highest BCUT2D eigenvalue weighted by molar-refractivity contribution is 5.42. The molecule has 0 aliphatic rings. The Morgan fingerprint density at radius 2 is 1.70 bits per heavy atom. The van der Waals surface area contributed by atoms with Crippen LogP contribution in [0.15, 0.2) is 18.2 Å². The third-order valence-electron chi connectivity index (χ3n) is 3.66. The first-order valence-corrected chi connectivity index (χ1v) is 7.64. The summed E-state index contributed by atoms with van der Waals surface area (Å²) in [5.74, 6) is 1.79. The first kappa shape index (κ1) is 16.8. The highest BCUT2D eigenvalue weighted by Gasteiger charge is 2.16. The molecule has 0 saturated heterocycles. The molecule has 1 unspecified atom stereocenters. The second kappa shape index (κ2) is 8.85. The van der Waals surface area contributed by atoms with E-state index in [9.17, 15) is 0 Å². The molecule has 1 N–H and O–H groups in total. The zero-order chi connectivity index (χ0) is 15.0. The minimum atomic E-state index is 0.253. The van der Waals surface area contributed by atoms with Crippen molar-refractivity contribution in [3.8, 4) is 11.5 Å². The Bertz CT molecular complexity index is 387. The Hall–Kier alpha value is -1.22. The Morgan fingerprint density at radius 3 is 2.20 bits per heavy atom. The lowest BCUT2D eigenvalue weighted by molar-refractivity contribution is 0.371. The molecule has 1 atom stereocenters. The average molecular weight is 279 g/mol. The molecule has 3 nitrogen and oxygen atoms in total. The normalized spacial score (nSPS) is 12.5. The van der Waals surface area contributed by atoms with Crippen molar-refractivity contribution in [2.75, 3.05) is 14.2 Å². The summed E-state index contributed by atoms with van der Waals surface area (Å²) in [5, 5.41) is 3.73. The molecule has 0 amide bonds. The van der Waals surface area contributed by atoms with Crippen LogP contribution in [0.25, 0.3) is 0 Å². The smallest absolute Gasteiger partial charge is 0.123 e. The molecule has 1 rings (SSSR count). The summed E-state index contributed by atoms with van der Waals surface area (Å²) >= 11 is 0. The molecule has 0 heterocycles. The fraction of sp³-hybridized carbons (Fsp3) is 0.647. The van der Waals surface area contributed by atoms with Crippen molar-refractivity contribution in [3.63, 3.8) is 0 Å². The van der Waals surface area contributed by atoms with Crippen molar-refractivity contribution in [3.05, 3.63) is 23.8 Å². The van der Waals surface area contributed by atoms with Crippen LogP contribution in [0, 0.1) is 0 Å². The number of methoxy groups -OCH3 is 2. The van der Waals surface area contributed by atoms with Crippen LogP contribution in [-0.2, 0) is 0 Å². The summed E-state index contributed by atoms with van der Waals surface area (Å²) in [7, 11) is 3.41. The third-order valence-corrected chi connectivity index (χ3v) is 3.66. The Morgan fingerprint density at radius 1 is 1.05 bits per heavy atom. The zero-order valence-corrected chi connectivity index (χ0v) is 13.5. The van der Waals surface area contributed by atoms with Gasteiger partial charge in [0.2, 0.25) is 0 Å². The molecule has 3 heteroatoms.